The molecule has 1 aliphatic heterocycles. The summed E-state index contributed by atoms with van der Waals surface area (Å²) in [5.41, 5.74) is 3.91. The van der Waals surface area contributed by atoms with E-state index in [4.69, 9.17) is 4.74 Å². The maximum Gasteiger partial charge on any atom is 0.267 e. The molecule has 3 rings (SSSR count). The highest BCUT2D eigenvalue weighted by molar-refractivity contribution is 7.92. The van der Waals surface area contributed by atoms with Gasteiger partial charge < -0.3 is 10.1 Å². The molecule has 156 valence electrons. The van der Waals surface area contributed by atoms with Crippen LogP contribution in [-0.2, 0) is 20.2 Å². The summed E-state index contributed by atoms with van der Waals surface area (Å²) in [6.07, 6.45) is 0.198. The first-order chi connectivity index (χ1) is 13.4. The molecule has 1 N–H and O–H groups in total. The van der Waals surface area contributed by atoms with Crippen molar-refractivity contribution >= 4 is 27.3 Å². The first-order valence-electron chi connectivity index (χ1n) is 9.54. The number of amides is 1. The topological polar surface area (TPSA) is 75.7 Å². The summed E-state index contributed by atoms with van der Waals surface area (Å²) < 4.78 is 32.1. The van der Waals surface area contributed by atoms with E-state index in [1.54, 1.807) is 6.07 Å². The van der Waals surface area contributed by atoms with Crippen molar-refractivity contribution in [2.45, 2.75) is 46.1 Å². The number of benzene rings is 2. The van der Waals surface area contributed by atoms with E-state index < -0.39 is 16.1 Å². The van der Waals surface area contributed by atoms with Crippen LogP contribution in [0.4, 0.5) is 11.4 Å². The zero-order chi connectivity index (χ0) is 21.6. The molecule has 1 aliphatic rings. The zero-order valence-electron chi connectivity index (χ0n) is 17.7. The molecule has 2 aromatic carbocycles. The Morgan fingerprint density at radius 1 is 1.14 bits per heavy atom. The summed E-state index contributed by atoms with van der Waals surface area (Å²) in [4.78, 5) is 12.9. The molecule has 0 saturated carbocycles. The lowest BCUT2D eigenvalue weighted by atomic mass is 9.86. The summed E-state index contributed by atoms with van der Waals surface area (Å²) in [7, 11) is -3.58. The van der Waals surface area contributed by atoms with Gasteiger partial charge in [-0.3, -0.25) is 9.10 Å². The number of ether oxygens (including phenoxy) is 1. The molecule has 1 heterocycles. The lowest BCUT2D eigenvalue weighted by molar-refractivity contribution is -0.122. The van der Waals surface area contributed by atoms with Crippen LogP contribution in [0.5, 0.6) is 5.75 Å². The van der Waals surface area contributed by atoms with Gasteiger partial charge in [-0.2, -0.15) is 0 Å². The minimum atomic E-state index is -3.58. The van der Waals surface area contributed by atoms with Crippen molar-refractivity contribution < 1.29 is 17.9 Å². The number of anilines is 2. The van der Waals surface area contributed by atoms with Crippen molar-refractivity contribution in [1.29, 1.82) is 0 Å². The molecule has 1 amide bonds. The number of fused-ring (bicyclic) bond motifs is 1. The van der Waals surface area contributed by atoms with Gasteiger partial charge in [0.15, 0.2) is 6.10 Å². The van der Waals surface area contributed by atoms with Gasteiger partial charge in [-0.15, -0.1) is 0 Å². The molecule has 29 heavy (non-hydrogen) atoms. The third kappa shape index (κ3) is 4.40. The number of nitrogens with one attached hydrogen (secondary N) is 1. The first-order valence-corrected chi connectivity index (χ1v) is 11.4. The second kappa shape index (κ2) is 7.37. The molecule has 1 atom stereocenters. The Morgan fingerprint density at radius 2 is 1.76 bits per heavy atom. The number of carbonyl (C=O) groups excluding carboxylic acids is 1. The van der Waals surface area contributed by atoms with Crippen molar-refractivity contribution in [3.63, 3.8) is 0 Å². The molecular weight excluding hydrogens is 388 g/mol. The van der Waals surface area contributed by atoms with Crippen LogP contribution in [0.3, 0.4) is 0 Å². The van der Waals surface area contributed by atoms with E-state index in [2.05, 4.69) is 26.1 Å². The highest BCUT2D eigenvalue weighted by atomic mass is 32.2. The SMILES string of the molecule is Cc1cccc(C)c1NC(=O)C1CN(S(C)(=O)=O)c2cc(C(C)(C)C)ccc2O1. The van der Waals surface area contributed by atoms with Gasteiger partial charge in [0.25, 0.3) is 5.91 Å². The van der Waals surface area contributed by atoms with Crippen LogP contribution in [0, 0.1) is 13.8 Å². The first kappa shape index (κ1) is 21.2. The van der Waals surface area contributed by atoms with E-state index in [-0.39, 0.29) is 17.9 Å². The quantitative estimate of drug-likeness (QED) is 0.826. The van der Waals surface area contributed by atoms with Crippen LogP contribution in [0.25, 0.3) is 0 Å². The predicted octanol–water partition coefficient (Wildman–Crippen LogP) is 3.77. The Morgan fingerprint density at radius 3 is 2.31 bits per heavy atom. The minimum Gasteiger partial charge on any atom is -0.476 e. The Kier molecular flexibility index (Phi) is 5.38. The summed E-state index contributed by atoms with van der Waals surface area (Å²) in [6, 6.07) is 11.2. The van der Waals surface area contributed by atoms with Crippen LogP contribution in [-0.4, -0.2) is 33.2 Å². The lowest BCUT2D eigenvalue weighted by Crippen LogP contribution is -2.48. The van der Waals surface area contributed by atoms with Crippen molar-refractivity contribution in [2.75, 3.05) is 22.4 Å². The van der Waals surface area contributed by atoms with Crippen LogP contribution in [0.2, 0.25) is 0 Å². The number of sulfonamides is 1. The number of hydrogen-bond acceptors (Lipinski definition) is 4. The molecule has 0 aliphatic carbocycles. The van der Waals surface area contributed by atoms with Gasteiger partial charge in [-0.1, -0.05) is 45.0 Å². The molecule has 0 aromatic heterocycles. The molecule has 0 bridgehead atoms. The largest absolute Gasteiger partial charge is 0.476 e. The third-order valence-corrected chi connectivity index (χ3v) is 6.26. The molecule has 0 fully saturated rings. The Balaban J connectivity index is 1.96. The lowest BCUT2D eigenvalue weighted by Gasteiger charge is -2.35. The van der Waals surface area contributed by atoms with Crippen LogP contribution in [0.1, 0.15) is 37.5 Å². The summed E-state index contributed by atoms with van der Waals surface area (Å²) in [6.45, 7) is 9.93. The van der Waals surface area contributed by atoms with E-state index in [0.29, 0.717) is 11.4 Å². The number of hydrogen-bond donors (Lipinski definition) is 1. The van der Waals surface area contributed by atoms with Gasteiger partial charge in [0.05, 0.1) is 18.5 Å². The summed E-state index contributed by atoms with van der Waals surface area (Å²) in [5.74, 6) is 0.0120. The van der Waals surface area contributed by atoms with Crippen molar-refractivity contribution in [2.24, 2.45) is 0 Å². The molecule has 7 heteroatoms. The average Bonchev–Trinajstić information content (AvgIpc) is 2.61. The van der Waals surface area contributed by atoms with E-state index in [1.807, 2.05) is 44.2 Å². The van der Waals surface area contributed by atoms with Crippen molar-refractivity contribution in [3.8, 4) is 5.75 Å². The normalized spacial score (nSPS) is 16.8. The monoisotopic (exact) mass is 416 g/mol. The van der Waals surface area contributed by atoms with Crippen molar-refractivity contribution in [1.82, 2.24) is 0 Å². The maximum absolute atomic E-state index is 12.9. The number of carbonyl (C=O) groups is 1. The maximum atomic E-state index is 12.9. The van der Waals surface area contributed by atoms with Gasteiger partial charge in [0, 0.05) is 5.69 Å². The van der Waals surface area contributed by atoms with E-state index >= 15 is 0 Å². The van der Waals surface area contributed by atoms with Crippen molar-refractivity contribution in [3.05, 3.63) is 53.1 Å². The van der Waals surface area contributed by atoms with Crippen LogP contribution >= 0.6 is 0 Å². The number of aryl methyl sites for hydroxylation is 2. The van der Waals surface area contributed by atoms with Crippen LogP contribution in [0.15, 0.2) is 36.4 Å². The average molecular weight is 417 g/mol. The molecule has 2 aromatic rings. The van der Waals surface area contributed by atoms with Gasteiger partial charge in [-0.05, 0) is 48.1 Å². The standard InChI is InChI=1S/C22H28N2O4S/c1-14-8-7-9-15(2)20(14)23-21(25)19-13-24(29(6,26)27)17-12-16(22(3,4)5)10-11-18(17)28-19/h7-12,19H,13H2,1-6H3,(H,23,25). The van der Waals surface area contributed by atoms with E-state index in [9.17, 15) is 13.2 Å². The minimum absolute atomic E-state index is 0.0732. The highest BCUT2D eigenvalue weighted by Crippen LogP contribution is 2.38. The summed E-state index contributed by atoms with van der Waals surface area (Å²) in [5, 5.41) is 2.90. The number of nitrogens with zero attached hydrogens (tertiary/aromatic N) is 1. The second-order valence-electron chi connectivity index (χ2n) is 8.59. The summed E-state index contributed by atoms with van der Waals surface area (Å²) >= 11 is 0. The molecule has 0 saturated heterocycles. The fourth-order valence-electron chi connectivity index (χ4n) is 3.38. The molecule has 1 unspecified atom stereocenters. The molecule has 0 spiro atoms. The number of rotatable bonds is 3. The van der Waals surface area contributed by atoms with Gasteiger partial charge in [0.1, 0.15) is 5.75 Å². The smallest absolute Gasteiger partial charge is 0.267 e. The van der Waals surface area contributed by atoms with E-state index in [1.165, 1.54) is 4.31 Å². The molecular formula is C22H28N2O4S. The Bertz CT molecular complexity index is 1030. The van der Waals surface area contributed by atoms with Gasteiger partial charge >= 0.3 is 0 Å². The molecule has 0 radical (unpaired) electrons. The fourth-order valence-corrected chi connectivity index (χ4v) is 4.29. The van der Waals surface area contributed by atoms with Gasteiger partial charge in [0.2, 0.25) is 10.0 Å². The fraction of sp³-hybridized carbons (Fsp3) is 0.409. The van der Waals surface area contributed by atoms with Crippen LogP contribution < -0.4 is 14.4 Å². The highest BCUT2D eigenvalue weighted by Gasteiger charge is 2.36. The molecule has 6 nitrogen and oxygen atoms in total. The Hall–Kier alpha value is -2.54. The third-order valence-electron chi connectivity index (χ3n) is 5.12. The Labute approximate surface area is 172 Å². The van der Waals surface area contributed by atoms with Gasteiger partial charge in [-0.25, -0.2) is 8.42 Å². The second-order valence-corrected chi connectivity index (χ2v) is 10.5. The zero-order valence-corrected chi connectivity index (χ0v) is 18.6. The predicted molar refractivity (Wildman–Crippen MR) is 116 cm³/mol. The van der Waals surface area contributed by atoms with E-state index in [0.717, 1.165) is 28.6 Å². The number of para-hydroxylation sites is 1.